The van der Waals surface area contributed by atoms with Crippen LogP contribution in [0, 0.1) is 0 Å². The third kappa shape index (κ3) is 5.18. The SMILES string of the molecule is COc1ccc(CN2CCC(NC(=O)c3csc(CCN)n3)C2=O)cc1.Cl. The van der Waals surface area contributed by atoms with Crippen LogP contribution < -0.4 is 15.8 Å². The number of methoxy groups -OCH3 is 1. The number of nitrogens with one attached hydrogen (secondary N) is 1. The molecule has 0 radical (unpaired) electrons. The molecule has 1 atom stereocenters. The number of hydrogen-bond acceptors (Lipinski definition) is 6. The average molecular weight is 411 g/mol. The summed E-state index contributed by atoms with van der Waals surface area (Å²) in [5.74, 6) is 0.407. The lowest BCUT2D eigenvalue weighted by Crippen LogP contribution is -2.41. The molecule has 1 saturated heterocycles. The van der Waals surface area contributed by atoms with Crippen molar-refractivity contribution in [1.82, 2.24) is 15.2 Å². The lowest BCUT2D eigenvalue weighted by atomic mass is 10.2. The van der Waals surface area contributed by atoms with Crippen LogP contribution in [0.4, 0.5) is 0 Å². The van der Waals surface area contributed by atoms with Crippen molar-refractivity contribution < 1.29 is 14.3 Å². The minimum atomic E-state index is -0.500. The van der Waals surface area contributed by atoms with Gasteiger partial charge in [0.1, 0.15) is 17.5 Å². The number of aromatic nitrogens is 1. The van der Waals surface area contributed by atoms with Gasteiger partial charge in [0.2, 0.25) is 5.91 Å². The van der Waals surface area contributed by atoms with Crippen LogP contribution in [0.5, 0.6) is 5.75 Å². The van der Waals surface area contributed by atoms with E-state index in [2.05, 4.69) is 10.3 Å². The van der Waals surface area contributed by atoms with Gasteiger partial charge in [0.05, 0.1) is 12.1 Å². The second-order valence-corrected chi connectivity index (χ2v) is 7.03. The van der Waals surface area contributed by atoms with Gasteiger partial charge in [-0.05, 0) is 30.7 Å². The van der Waals surface area contributed by atoms with Crippen LogP contribution in [-0.2, 0) is 17.8 Å². The number of amides is 2. The molecule has 2 heterocycles. The van der Waals surface area contributed by atoms with Crippen LogP contribution >= 0.6 is 23.7 Å². The van der Waals surface area contributed by atoms with E-state index in [-0.39, 0.29) is 24.2 Å². The Bertz CT molecular complexity index is 781. The molecule has 9 heteroatoms. The van der Waals surface area contributed by atoms with Crippen molar-refractivity contribution in [3.63, 3.8) is 0 Å². The zero-order valence-electron chi connectivity index (χ0n) is 15.0. The molecule has 7 nitrogen and oxygen atoms in total. The third-order valence-electron chi connectivity index (χ3n) is 4.28. The number of halogens is 1. The smallest absolute Gasteiger partial charge is 0.271 e. The Morgan fingerprint density at radius 1 is 1.41 bits per heavy atom. The first-order chi connectivity index (χ1) is 12.6. The van der Waals surface area contributed by atoms with Gasteiger partial charge in [-0.1, -0.05) is 12.1 Å². The fourth-order valence-electron chi connectivity index (χ4n) is 2.87. The van der Waals surface area contributed by atoms with E-state index in [9.17, 15) is 9.59 Å². The number of ether oxygens (including phenoxy) is 1. The van der Waals surface area contributed by atoms with Crippen molar-refractivity contribution in [1.29, 1.82) is 0 Å². The highest BCUT2D eigenvalue weighted by Gasteiger charge is 2.33. The van der Waals surface area contributed by atoms with Crippen LogP contribution in [0.2, 0.25) is 0 Å². The summed E-state index contributed by atoms with van der Waals surface area (Å²) in [6.07, 6.45) is 1.25. The van der Waals surface area contributed by atoms with Crippen molar-refractivity contribution in [2.75, 3.05) is 20.2 Å². The zero-order valence-corrected chi connectivity index (χ0v) is 16.6. The molecule has 1 aliphatic heterocycles. The number of benzene rings is 1. The van der Waals surface area contributed by atoms with Crippen molar-refractivity contribution >= 4 is 35.6 Å². The van der Waals surface area contributed by atoms with Gasteiger partial charge >= 0.3 is 0 Å². The van der Waals surface area contributed by atoms with E-state index in [0.29, 0.717) is 38.2 Å². The maximum absolute atomic E-state index is 12.6. The average Bonchev–Trinajstić information content (AvgIpc) is 3.25. The molecule has 1 aliphatic rings. The van der Waals surface area contributed by atoms with E-state index >= 15 is 0 Å². The molecule has 1 fully saturated rings. The van der Waals surface area contributed by atoms with Gasteiger partial charge in [0.25, 0.3) is 5.91 Å². The van der Waals surface area contributed by atoms with Crippen LogP contribution in [0.1, 0.15) is 27.5 Å². The number of thiazole rings is 1. The maximum Gasteiger partial charge on any atom is 0.271 e. The number of nitrogens with zero attached hydrogens (tertiary/aromatic N) is 2. The first-order valence-electron chi connectivity index (χ1n) is 8.47. The van der Waals surface area contributed by atoms with Gasteiger partial charge in [0, 0.05) is 24.9 Å². The number of likely N-dealkylation sites (tertiary alicyclic amines) is 1. The Kier molecular flexibility index (Phi) is 7.58. The lowest BCUT2D eigenvalue weighted by molar-refractivity contribution is -0.129. The van der Waals surface area contributed by atoms with E-state index in [4.69, 9.17) is 10.5 Å². The van der Waals surface area contributed by atoms with Gasteiger partial charge < -0.3 is 20.7 Å². The van der Waals surface area contributed by atoms with Crippen LogP contribution in [0.3, 0.4) is 0 Å². The molecule has 0 spiro atoms. The quantitative estimate of drug-likeness (QED) is 0.722. The topological polar surface area (TPSA) is 97.6 Å². The first kappa shape index (κ1) is 21.1. The summed E-state index contributed by atoms with van der Waals surface area (Å²) >= 11 is 1.41. The van der Waals surface area contributed by atoms with E-state index in [0.717, 1.165) is 16.3 Å². The predicted octanol–water partition coefficient (Wildman–Crippen LogP) is 1.61. The molecule has 27 heavy (non-hydrogen) atoms. The summed E-state index contributed by atoms with van der Waals surface area (Å²) in [7, 11) is 1.62. The van der Waals surface area contributed by atoms with E-state index < -0.39 is 6.04 Å². The lowest BCUT2D eigenvalue weighted by Gasteiger charge is -2.17. The predicted molar refractivity (Wildman–Crippen MR) is 106 cm³/mol. The Morgan fingerprint density at radius 2 is 2.15 bits per heavy atom. The number of rotatable bonds is 7. The normalized spacial score (nSPS) is 16.1. The summed E-state index contributed by atoms with van der Waals surface area (Å²) in [5, 5.41) is 5.33. The van der Waals surface area contributed by atoms with Gasteiger partial charge in [-0.3, -0.25) is 9.59 Å². The van der Waals surface area contributed by atoms with E-state index in [1.165, 1.54) is 11.3 Å². The third-order valence-corrected chi connectivity index (χ3v) is 5.19. The standard InChI is InChI=1S/C18H22N4O3S.ClH/c1-25-13-4-2-12(3-5-13)10-22-9-7-14(18(22)24)21-17(23)15-11-26-16(20-15)6-8-19;/h2-5,11,14H,6-10,19H2,1H3,(H,21,23);1H. The van der Waals surface area contributed by atoms with E-state index in [1.54, 1.807) is 17.4 Å². The molecule has 3 N–H and O–H groups in total. The minimum absolute atomic E-state index is 0. The molecule has 3 rings (SSSR count). The fourth-order valence-corrected chi connectivity index (χ4v) is 3.66. The zero-order chi connectivity index (χ0) is 18.5. The molecule has 1 aromatic heterocycles. The van der Waals surface area contributed by atoms with Crippen LogP contribution in [0.15, 0.2) is 29.6 Å². The van der Waals surface area contributed by atoms with Gasteiger partial charge in [0.15, 0.2) is 0 Å². The highest BCUT2D eigenvalue weighted by Crippen LogP contribution is 2.18. The number of nitrogens with two attached hydrogens (primary N) is 1. The van der Waals surface area contributed by atoms with Gasteiger partial charge in [-0.25, -0.2) is 4.98 Å². The van der Waals surface area contributed by atoms with Crippen molar-refractivity contribution in [3.05, 3.63) is 45.9 Å². The number of carbonyl (C=O) groups excluding carboxylic acids is 2. The molecule has 0 bridgehead atoms. The summed E-state index contributed by atoms with van der Waals surface area (Å²) in [5.41, 5.74) is 6.87. The van der Waals surface area contributed by atoms with Crippen LogP contribution in [-0.4, -0.2) is 47.9 Å². The molecule has 0 aliphatic carbocycles. The molecular weight excluding hydrogens is 388 g/mol. The molecular formula is C18H23ClN4O3S. The molecule has 0 saturated carbocycles. The second-order valence-electron chi connectivity index (χ2n) is 6.09. The Hall–Kier alpha value is -2.16. The van der Waals surface area contributed by atoms with Gasteiger partial charge in [-0.15, -0.1) is 23.7 Å². The molecule has 2 amide bonds. The summed E-state index contributed by atoms with van der Waals surface area (Å²) < 4.78 is 5.14. The Balaban J connectivity index is 0.00000261. The van der Waals surface area contributed by atoms with Crippen LogP contribution in [0.25, 0.3) is 0 Å². The fraction of sp³-hybridized carbons (Fsp3) is 0.389. The van der Waals surface area contributed by atoms with E-state index in [1.807, 2.05) is 24.3 Å². The van der Waals surface area contributed by atoms with Crippen molar-refractivity contribution in [2.45, 2.75) is 25.4 Å². The molecule has 146 valence electrons. The Morgan fingerprint density at radius 3 is 2.81 bits per heavy atom. The van der Waals surface area contributed by atoms with Crippen molar-refractivity contribution in [2.24, 2.45) is 5.73 Å². The largest absolute Gasteiger partial charge is 0.497 e. The monoisotopic (exact) mass is 410 g/mol. The molecule has 1 unspecified atom stereocenters. The van der Waals surface area contributed by atoms with Gasteiger partial charge in [-0.2, -0.15) is 0 Å². The number of carbonyl (C=O) groups is 2. The highest BCUT2D eigenvalue weighted by molar-refractivity contribution is 7.09. The highest BCUT2D eigenvalue weighted by atomic mass is 35.5. The number of hydrogen-bond donors (Lipinski definition) is 2. The Labute approximate surface area is 168 Å². The summed E-state index contributed by atoms with van der Waals surface area (Å²) in [6.45, 7) is 1.63. The second kappa shape index (κ2) is 9.68. The molecule has 1 aromatic carbocycles. The first-order valence-corrected chi connectivity index (χ1v) is 9.35. The summed E-state index contributed by atoms with van der Waals surface area (Å²) in [6, 6.07) is 7.12. The maximum atomic E-state index is 12.6. The minimum Gasteiger partial charge on any atom is -0.497 e. The van der Waals surface area contributed by atoms with Crippen molar-refractivity contribution in [3.8, 4) is 5.75 Å². The summed E-state index contributed by atoms with van der Waals surface area (Å²) in [4.78, 5) is 30.9. The molecule has 2 aromatic rings.